The first-order valence-corrected chi connectivity index (χ1v) is 13.5. The van der Waals surface area contributed by atoms with E-state index in [1.165, 1.54) is 28.3 Å². The number of cyclic esters (lactones) is 1. The Hall–Kier alpha value is -3.78. The van der Waals surface area contributed by atoms with Crippen molar-refractivity contribution in [2.24, 2.45) is 0 Å². The van der Waals surface area contributed by atoms with E-state index in [1.807, 2.05) is 0 Å². The maximum atomic E-state index is 13.7. The van der Waals surface area contributed by atoms with Crippen molar-refractivity contribution in [3.8, 4) is 0 Å². The highest BCUT2D eigenvalue weighted by Crippen LogP contribution is 2.48. The van der Waals surface area contributed by atoms with Gasteiger partial charge in [0.05, 0.1) is 0 Å². The summed E-state index contributed by atoms with van der Waals surface area (Å²) in [6.07, 6.45) is 3.01. The summed E-state index contributed by atoms with van der Waals surface area (Å²) in [6, 6.07) is 19.6. The van der Waals surface area contributed by atoms with Gasteiger partial charge in [0.1, 0.15) is 12.6 Å². The van der Waals surface area contributed by atoms with Crippen LogP contribution >= 0.6 is 0 Å². The van der Waals surface area contributed by atoms with Crippen LogP contribution in [0.2, 0.25) is 0 Å². The second-order valence-electron chi connectivity index (χ2n) is 10.6. The number of nitrogens with one attached hydrogen (secondary N) is 1. The monoisotopic (exact) mass is 531 g/mol. The summed E-state index contributed by atoms with van der Waals surface area (Å²) in [5.41, 5.74) is 6.13. The SMILES string of the molecule is O=C(NCCCN1CCC2(CC1)c1ccccc1Cc1ccccc12)N1C(=O)OC[C@@H]1c1ccc(F)c(F)c1. The molecule has 2 saturated heterocycles. The number of nitrogens with zero attached hydrogens (tertiary/aromatic N) is 2. The predicted octanol–water partition coefficient (Wildman–Crippen LogP) is 5.54. The maximum Gasteiger partial charge on any atom is 0.418 e. The number of carbonyl (C=O) groups is 2. The molecule has 8 heteroatoms. The van der Waals surface area contributed by atoms with Crippen molar-refractivity contribution in [1.29, 1.82) is 0 Å². The number of benzene rings is 3. The van der Waals surface area contributed by atoms with Crippen molar-refractivity contribution < 1.29 is 23.1 Å². The average Bonchev–Trinajstić information content (AvgIpc) is 3.35. The Labute approximate surface area is 226 Å². The van der Waals surface area contributed by atoms with Crippen molar-refractivity contribution in [1.82, 2.24) is 15.1 Å². The number of imide groups is 1. The van der Waals surface area contributed by atoms with Crippen LogP contribution < -0.4 is 5.32 Å². The van der Waals surface area contributed by atoms with Crippen LogP contribution in [0.1, 0.15) is 53.1 Å². The van der Waals surface area contributed by atoms with E-state index in [1.54, 1.807) is 0 Å². The Bertz CT molecular complexity index is 1360. The smallest absolute Gasteiger partial charge is 0.418 e. The first-order chi connectivity index (χ1) is 19.0. The zero-order chi connectivity index (χ0) is 27.0. The van der Waals surface area contributed by atoms with E-state index in [9.17, 15) is 18.4 Å². The van der Waals surface area contributed by atoms with Crippen molar-refractivity contribution in [2.45, 2.75) is 37.1 Å². The van der Waals surface area contributed by atoms with Crippen LogP contribution in [-0.2, 0) is 16.6 Å². The Kier molecular flexibility index (Phi) is 6.81. The fourth-order valence-electron chi connectivity index (χ4n) is 6.52. The lowest BCUT2D eigenvalue weighted by Crippen LogP contribution is -2.46. The molecule has 3 amide bonds. The summed E-state index contributed by atoms with van der Waals surface area (Å²) in [4.78, 5) is 28.4. The Morgan fingerprint density at radius 2 is 1.62 bits per heavy atom. The van der Waals surface area contributed by atoms with Gasteiger partial charge >= 0.3 is 12.1 Å². The zero-order valence-corrected chi connectivity index (χ0v) is 21.7. The molecule has 3 aromatic rings. The van der Waals surface area contributed by atoms with Gasteiger partial charge in [-0.2, -0.15) is 0 Å². The van der Waals surface area contributed by atoms with Gasteiger partial charge in [-0.1, -0.05) is 54.6 Å². The van der Waals surface area contributed by atoms with E-state index in [0.717, 1.165) is 62.4 Å². The van der Waals surface area contributed by atoms with E-state index < -0.39 is 29.8 Å². The second-order valence-corrected chi connectivity index (χ2v) is 10.6. The molecule has 1 N–H and O–H groups in total. The fourth-order valence-corrected chi connectivity index (χ4v) is 6.52. The number of hydrogen-bond donors (Lipinski definition) is 1. The molecule has 3 aromatic carbocycles. The Morgan fingerprint density at radius 1 is 0.949 bits per heavy atom. The molecule has 0 unspecified atom stereocenters. The van der Waals surface area contributed by atoms with Crippen LogP contribution in [0.3, 0.4) is 0 Å². The quantitative estimate of drug-likeness (QED) is 0.439. The molecular formula is C31H31F2N3O3. The third kappa shape index (κ3) is 4.67. The molecule has 2 heterocycles. The molecule has 0 aromatic heterocycles. The van der Waals surface area contributed by atoms with E-state index in [0.29, 0.717) is 12.1 Å². The van der Waals surface area contributed by atoms with Gasteiger partial charge in [-0.05, 0) is 85.3 Å². The minimum Gasteiger partial charge on any atom is -0.446 e. The number of piperidine rings is 1. The molecular weight excluding hydrogens is 500 g/mol. The van der Waals surface area contributed by atoms with Gasteiger partial charge in [0, 0.05) is 12.0 Å². The molecule has 0 bridgehead atoms. The summed E-state index contributed by atoms with van der Waals surface area (Å²) in [5.74, 6) is -2.02. The molecule has 6 nitrogen and oxygen atoms in total. The van der Waals surface area contributed by atoms with E-state index in [-0.39, 0.29) is 12.0 Å². The number of halogens is 2. The first-order valence-electron chi connectivity index (χ1n) is 13.5. The molecule has 6 rings (SSSR count). The lowest BCUT2D eigenvalue weighted by atomic mass is 9.62. The van der Waals surface area contributed by atoms with Crippen molar-refractivity contribution in [3.05, 3.63) is 106 Å². The number of urea groups is 1. The molecule has 39 heavy (non-hydrogen) atoms. The van der Waals surface area contributed by atoms with Crippen molar-refractivity contribution in [3.63, 3.8) is 0 Å². The van der Waals surface area contributed by atoms with Crippen molar-refractivity contribution >= 4 is 12.1 Å². The molecule has 1 atom stereocenters. The number of amides is 3. The minimum absolute atomic E-state index is 0.0428. The summed E-state index contributed by atoms with van der Waals surface area (Å²) in [6.45, 7) is 3.05. The van der Waals surface area contributed by atoms with Gasteiger partial charge in [0.15, 0.2) is 11.6 Å². The summed E-state index contributed by atoms with van der Waals surface area (Å²) < 4.78 is 32.1. The lowest BCUT2D eigenvalue weighted by molar-refractivity contribution is 0.157. The number of ether oxygens (including phenoxy) is 1. The average molecular weight is 532 g/mol. The third-order valence-electron chi connectivity index (χ3n) is 8.50. The largest absolute Gasteiger partial charge is 0.446 e. The van der Waals surface area contributed by atoms with E-state index in [2.05, 4.69) is 58.7 Å². The highest BCUT2D eigenvalue weighted by atomic mass is 19.2. The fraction of sp³-hybridized carbons (Fsp3) is 0.355. The molecule has 1 aliphatic carbocycles. The number of hydrogen-bond acceptors (Lipinski definition) is 4. The first kappa shape index (κ1) is 25.5. The molecule has 1 spiro atoms. The zero-order valence-electron chi connectivity index (χ0n) is 21.7. The number of carbonyl (C=O) groups excluding carboxylic acids is 2. The van der Waals surface area contributed by atoms with Gasteiger partial charge in [0.2, 0.25) is 0 Å². The minimum atomic E-state index is -1.03. The van der Waals surface area contributed by atoms with Crippen LogP contribution in [0.4, 0.5) is 18.4 Å². The van der Waals surface area contributed by atoms with Gasteiger partial charge in [-0.15, -0.1) is 0 Å². The van der Waals surface area contributed by atoms with Gasteiger partial charge in [0.25, 0.3) is 0 Å². The number of rotatable bonds is 5. The van der Waals surface area contributed by atoms with Crippen LogP contribution in [0.25, 0.3) is 0 Å². The summed E-state index contributed by atoms with van der Waals surface area (Å²) >= 11 is 0. The summed E-state index contributed by atoms with van der Waals surface area (Å²) in [7, 11) is 0. The Morgan fingerprint density at radius 3 is 2.28 bits per heavy atom. The number of fused-ring (bicyclic) bond motifs is 4. The van der Waals surface area contributed by atoms with Crippen LogP contribution in [-0.4, -0.2) is 54.7 Å². The van der Waals surface area contributed by atoms with Gasteiger partial charge < -0.3 is 15.0 Å². The maximum absolute atomic E-state index is 13.7. The molecule has 2 fully saturated rings. The lowest BCUT2D eigenvalue weighted by Gasteiger charge is -2.46. The molecule has 202 valence electrons. The second kappa shape index (κ2) is 10.4. The van der Waals surface area contributed by atoms with Gasteiger partial charge in [-0.25, -0.2) is 23.3 Å². The molecule has 0 saturated carbocycles. The van der Waals surface area contributed by atoms with Crippen LogP contribution in [0.5, 0.6) is 0 Å². The topological polar surface area (TPSA) is 61.9 Å². The third-order valence-corrected chi connectivity index (χ3v) is 8.50. The van der Waals surface area contributed by atoms with Gasteiger partial charge in [-0.3, -0.25) is 0 Å². The Balaban J connectivity index is 1.04. The van der Waals surface area contributed by atoms with Crippen LogP contribution in [0.15, 0.2) is 66.7 Å². The van der Waals surface area contributed by atoms with Crippen LogP contribution in [0, 0.1) is 11.6 Å². The standard InChI is InChI=1S/C31H31F2N3O3/c32-26-11-10-23(19-27(26)33)28-20-39-30(38)36(28)29(37)34-14-5-15-35-16-12-31(13-17-35)24-8-3-1-6-21(24)18-22-7-2-4-9-25(22)31/h1-4,6-11,19,28H,5,12-18,20H2,(H,34,37)/t28-/m1/s1. The predicted molar refractivity (Wildman–Crippen MR) is 142 cm³/mol. The summed E-state index contributed by atoms with van der Waals surface area (Å²) in [5, 5.41) is 2.79. The van der Waals surface area contributed by atoms with E-state index >= 15 is 0 Å². The van der Waals surface area contributed by atoms with Crippen molar-refractivity contribution in [2.75, 3.05) is 32.8 Å². The molecule has 3 aliphatic rings. The normalized spacial score (nSPS) is 19.9. The highest BCUT2D eigenvalue weighted by molar-refractivity contribution is 5.92. The molecule has 2 aliphatic heterocycles. The highest BCUT2D eigenvalue weighted by Gasteiger charge is 2.42. The van der Waals surface area contributed by atoms with E-state index in [4.69, 9.17) is 4.74 Å². The molecule has 0 radical (unpaired) electrons. The number of likely N-dealkylation sites (tertiary alicyclic amines) is 1.